The van der Waals surface area contributed by atoms with Gasteiger partial charge in [0.2, 0.25) is 0 Å². The smallest absolute Gasteiger partial charge is 0.0785 e. The van der Waals surface area contributed by atoms with Gasteiger partial charge in [-0.3, -0.25) is 4.39 Å². The Morgan fingerprint density at radius 1 is 1.24 bits per heavy atom. The molecular weight excluding hydrogens is 233 g/mol. The minimum absolute atomic E-state index is 0.500. The molecule has 1 nitrogen and oxygen atoms in total. The van der Waals surface area contributed by atoms with Crippen LogP contribution in [-0.4, -0.2) is 12.2 Å². The van der Waals surface area contributed by atoms with Crippen molar-refractivity contribution in [3.8, 4) is 11.3 Å². The first kappa shape index (κ1) is 11.9. The highest BCUT2D eigenvalue weighted by Crippen LogP contribution is 2.26. The van der Waals surface area contributed by atoms with Gasteiger partial charge in [-0.25, -0.2) is 0 Å². The van der Waals surface area contributed by atoms with E-state index in [-0.39, 0.29) is 0 Å². The number of nitrogens with one attached hydrogen (secondary N) is 1. The van der Waals surface area contributed by atoms with E-state index in [4.69, 9.17) is 0 Å². The monoisotopic (exact) mass is 247 g/mol. The molecule has 0 aromatic carbocycles. The zero-order valence-electron chi connectivity index (χ0n) is 9.61. The summed E-state index contributed by atoms with van der Waals surface area (Å²) in [6.07, 6.45) is 9.73. The molecule has 0 unspecified atom stereocenters. The van der Waals surface area contributed by atoms with Crippen molar-refractivity contribution in [3.63, 3.8) is 0 Å². The first-order valence-electron chi connectivity index (χ1n) is 5.40. The Labute approximate surface area is 104 Å². The van der Waals surface area contributed by atoms with E-state index in [0.29, 0.717) is 7.18 Å². The molecule has 0 bridgehead atoms. The van der Waals surface area contributed by atoms with E-state index >= 15 is 0 Å². The maximum Gasteiger partial charge on any atom is 0.0785 e. The molecule has 3 heteroatoms. The summed E-state index contributed by atoms with van der Waals surface area (Å²) in [6, 6.07) is 4.35. The van der Waals surface area contributed by atoms with E-state index in [1.165, 1.54) is 22.5 Å². The number of halogens is 1. The van der Waals surface area contributed by atoms with Gasteiger partial charge >= 0.3 is 0 Å². The van der Waals surface area contributed by atoms with Crippen LogP contribution in [0.1, 0.15) is 17.7 Å². The summed E-state index contributed by atoms with van der Waals surface area (Å²) >= 11 is 1.73. The van der Waals surface area contributed by atoms with Crippen molar-refractivity contribution in [2.24, 2.45) is 0 Å². The highest BCUT2D eigenvalue weighted by molar-refractivity contribution is 7.08. The number of rotatable bonds is 1. The Hall–Kier alpha value is -1.61. The van der Waals surface area contributed by atoms with Crippen molar-refractivity contribution in [2.75, 3.05) is 7.18 Å². The van der Waals surface area contributed by atoms with Gasteiger partial charge in [0.15, 0.2) is 0 Å². The quantitative estimate of drug-likeness (QED) is 0.748. The van der Waals surface area contributed by atoms with Crippen LogP contribution in [-0.2, 0) is 0 Å². The summed E-state index contributed by atoms with van der Waals surface area (Å²) in [5, 5.41) is 4.27. The fourth-order valence-electron chi connectivity index (χ4n) is 1.80. The molecule has 1 N–H and O–H groups in total. The SMILES string of the molecule is C1=Cc2cc(-c3ccsc3)[nH]c2C=CC1.CF. The maximum absolute atomic E-state index is 9.50. The Bertz CT molecular complexity index is 491. The van der Waals surface area contributed by atoms with Gasteiger partial charge in [-0.15, -0.1) is 0 Å². The third-order valence-electron chi connectivity index (χ3n) is 2.57. The van der Waals surface area contributed by atoms with E-state index in [1.54, 1.807) is 11.3 Å². The average Bonchev–Trinajstić information content (AvgIpc) is 2.98. The third-order valence-corrected chi connectivity index (χ3v) is 3.25. The van der Waals surface area contributed by atoms with Gasteiger partial charge in [-0.05, 0) is 35.6 Å². The summed E-state index contributed by atoms with van der Waals surface area (Å²) in [6.45, 7) is 0. The predicted molar refractivity (Wildman–Crippen MR) is 73.8 cm³/mol. The van der Waals surface area contributed by atoms with Crippen LogP contribution in [0.4, 0.5) is 4.39 Å². The molecule has 0 spiro atoms. The molecule has 2 aromatic heterocycles. The van der Waals surface area contributed by atoms with Crippen LogP contribution in [0.15, 0.2) is 35.0 Å². The van der Waals surface area contributed by atoms with Crippen LogP contribution in [0.3, 0.4) is 0 Å². The molecule has 88 valence electrons. The summed E-state index contributed by atoms with van der Waals surface area (Å²) in [5.74, 6) is 0. The molecule has 0 radical (unpaired) electrons. The molecule has 3 rings (SSSR count). The summed E-state index contributed by atoms with van der Waals surface area (Å²) in [4.78, 5) is 3.44. The van der Waals surface area contributed by atoms with E-state index < -0.39 is 0 Å². The van der Waals surface area contributed by atoms with Gasteiger partial charge < -0.3 is 4.98 Å². The average molecular weight is 247 g/mol. The minimum Gasteiger partial charge on any atom is -0.355 e. The highest BCUT2D eigenvalue weighted by Gasteiger charge is 2.06. The molecule has 0 fully saturated rings. The molecule has 2 aromatic rings. The van der Waals surface area contributed by atoms with Gasteiger partial charge in [0.05, 0.1) is 7.18 Å². The van der Waals surface area contributed by atoms with Crippen LogP contribution < -0.4 is 0 Å². The van der Waals surface area contributed by atoms with Crippen LogP contribution in [0.25, 0.3) is 23.4 Å². The lowest BCUT2D eigenvalue weighted by Gasteiger charge is -1.90. The number of hydrogen-bond acceptors (Lipinski definition) is 1. The van der Waals surface area contributed by atoms with E-state index in [9.17, 15) is 4.39 Å². The molecule has 1 aliphatic rings. The predicted octanol–water partition coefficient (Wildman–Crippen LogP) is 4.76. The van der Waals surface area contributed by atoms with Crippen LogP contribution in [0.5, 0.6) is 0 Å². The van der Waals surface area contributed by atoms with Gasteiger partial charge in [0, 0.05) is 22.3 Å². The van der Waals surface area contributed by atoms with E-state index in [2.05, 4.69) is 52.2 Å². The Kier molecular flexibility index (Phi) is 3.94. The Morgan fingerprint density at radius 3 is 2.82 bits per heavy atom. The van der Waals surface area contributed by atoms with Crippen molar-refractivity contribution in [2.45, 2.75) is 6.42 Å². The minimum atomic E-state index is 0.500. The molecule has 0 aliphatic heterocycles. The molecule has 0 saturated carbocycles. The normalized spacial score (nSPS) is 12.6. The van der Waals surface area contributed by atoms with Crippen molar-refractivity contribution in [1.29, 1.82) is 0 Å². The van der Waals surface area contributed by atoms with Gasteiger partial charge in [0.1, 0.15) is 0 Å². The molecule has 0 saturated heterocycles. The van der Waals surface area contributed by atoms with Gasteiger partial charge in [0.25, 0.3) is 0 Å². The number of alkyl halides is 1. The van der Waals surface area contributed by atoms with Crippen molar-refractivity contribution in [3.05, 3.63) is 46.3 Å². The maximum atomic E-state index is 9.50. The molecular formula is C14H14FNS. The lowest BCUT2D eigenvalue weighted by molar-refractivity contribution is 0.636. The largest absolute Gasteiger partial charge is 0.355 e. The number of fused-ring (bicyclic) bond motifs is 1. The molecule has 1 aliphatic carbocycles. The van der Waals surface area contributed by atoms with Crippen LogP contribution in [0.2, 0.25) is 0 Å². The number of aromatic amines is 1. The fourth-order valence-corrected chi connectivity index (χ4v) is 2.45. The first-order chi connectivity index (χ1) is 8.43. The second-order valence-electron chi connectivity index (χ2n) is 3.60. The Balaban J connectivity index is 0.000000514. The molecule has 0 atom stereocenters. The zero-order valence-corrected chi connectivity index (χ0v) is 10.4. The lowest BCUT2D eigenvalue weighted by atomic mass is 10.2. The Morgan fingerprint density at radius 2 is 2.06 bits per heavy atom. The van der Waals surface area contributed by atoms with Crippen molar-refractivity contribution >= 4 is 23.5 Å². The van der Waals surface area contributed by atoms with Crippen molar-refractivity contribution < 1.29 is 4.39 Å². The zero-order chi connectivity index (χ0) is 12.1. The summed E-state index contributed by atoms with van der Waals surface area (Å²) < 4.78 is 9.50. The second-order valence-corrected chi connectivity index (χ2v) is 4.38. The molecule has 17 heavy (non-hydrogen) atoms. The topological polar surface area (TPSA) is 15.8 Å². The van der Waals surface area contributed by atoms with Crippen LogP contribution >= 0.6 is 11.3 Å². The number of thiophene rings is 1. The first-order valence-corrected chi connectivity index (χ1v) is 6.34. The molecule has 0 amide bonds. The number of H-pyrrole nitrogens is 1. The van der Waals surface area contributed by atoms with Gasteiger partial charge in [-0.1, -0.05) is 18.2 Å². The third kappa shape index (κ3) is 2.56. The molecule has 2 heterocycles. The lowest BCUT2D eigenvalue weighted by Crippen LogP contribution is -1.74. The summed E-state index contributed by atoms with van der Waals surface area (Å²) in [7, 11) is 0.500. The summed E-state index contributed by atoms with van der Waals surface area (Å²) in [5.41, 5.74) is 4.97. The standard InChI is InChI=1S/C13H11NS.CH3F/c1-2-4-10-8-13(11-6-7-15-9-11)14-12(10)5-3-1;1-2/h2-9,14H,1H2;1H3. The number of hydrogen-bond donors (Lipinski definition) is 1. The van der Waals surface area contributed by atoms with E-state index in [0.717, 1.165) is 6.42 Å². The van der Waals surface area contributed by atoms with E-state index in [1.807, 2.05) is 0 Å². The number of aromatic nitrogens is 1. The van der Waals surface area contributed by atoms with Gasteiger partial charge in [-0.2, -0.15) is 11.3 Å². The fraction of sp³-hybridized carbons (Fsp3) is 0.143. The number of allylic oxidation sites excluding steroid dienone is 2. The van der Waals surface area contributed by atoms with Crippen molar-refractivity contribution in [1.82, 2.24) is 4.98 Å². The van der Waals surface area contributed by atoms with Crippen LogP contribution in [0, 0.1) is 0 Å². The second kappa shape index (κ2) is 5.64. The highest BCUT2D eigenvalue weighted by atomic mass is 32.1.